The first-order chi connectivity index (χ1) is 67.7. The fraction of sp³-hybridized carbons (Fsp3) is 0.176. The number of allylic oxidation sites excluding steroid dienone is 4. The molecule has 0 aliphatic carbocycles. The van der Waals surface area contributed by atoms with Crippen molar-refractivity contribution in [2.45, 2.75) is 101 Å². The summed E-state index contributed by atoms with van der Waals surface area (Å²) in [6.07, 6.45) is 35.2. The molecule has 12 aromatic heterocycles. The maximum atomic E-state index is 7.57. The fourth-order valence-corrected chi connectivity index (χ4v) is 20.7. The largest absolute Gasteiger partial charge is 0.303 e. The van der Waals surface area contributed by atoms with Crippen molar-refractivity contribution < 1.29 is 31.5 Å². The molecule has 9 aromatic carbocycles. The molecule has 0 unspecified atom stereocenters. The lowest BCUT2D eigenvalue weighted by atomic mass is 9.97. The molecule has 0 fully saturated rings. The molecule has 0 bridgehead atoms. The van der Waals surface area contributed by atoms with Crippen LogP contribution in [0.4, 0.5) is 0 Å². The minimum atomic E-state index is -2.08. The molecule has 21 aromatic rings. The lowest BCUT2D eigenvalue weighted by Gasteiger charge is -2.09. The zero-order chi connectivity index (χ0) is 96.4. The molecule has 6 aliphatic heterocycles. The summed E-state index contributed by atoms with van der Waals surface area (Å²) in [6.45, 7) is 15.0. The van der Waals surface area contributed by atoms with Crippen molar-refractivity contribution in [3.05, 3.63) is 394 Å². The Kier molecular flexibility index (Phi) is 21.0. The molecular formula is C119H110N18+6. The molecule has 6 aliphatic rings. The van der Waals surface area contributed by atoms with Crippen molar-refractivity contribution in [1.29, 1.82) is 0 Å². The Morgan fingerprint density at radius 1 is 0.248 bits per heavy atom. The molecular weight excluding hydrogens is 1680 g/mol. The molecule has 0 radical (unpaired) electrons. The Hall–Kier alpha value is -16.3. The van der Waals surface area contributed by atoms with Gasteiger partial charge in [0.15, 0.2) is 70.3 Å². The van der Waals surface area contributed by atoms with Crippen molar-refractivity contribution in [2.75, 3.05) is 0 Å². The minimum absolute atomic E-state index is 0.376. The molecule has 0 spiro atoms. The van der Waals surface area contributed by atoms with Crippen LogP contribution in [-0.4, -0.2) is 57.3 Å². The summed E-state index contributed by atoms with van der Waals surface area (Å²) < 4.78 is 49.0. The highest BCUT2D eigenvalue weighted by atomic mass is 15.2. The Morgan fingerprint density at radius 2 is 0.540 bits per heavy atom. The van der Waals surface area contributed by atoms with Crippen LogP contribution in [0.5, 0.6) is 0 Å². The molecule has 0 atom stereocenters. The molecule has 0 N–H and O–H groups in total. The second-order valence-electron chi connectivity index (χ2n) is 37.2. The summed E-state index contributed by atoms with van der Waals surface area (Å²) in [6, 6.07) is 83.5. The molecule has 0 saturated carbocycles. The van der Waals surface area contributed by atoms with E-state index >= 15 is 0 Å². The summed E-state index contributed by atoms with van der Waals surface area (Å²) in [5, 5.41) is 0. The van der Waals surface area contributed by atoms with E-state index in [1.807, 2.05) is 30.8 Å². The first kappa shape index (κ1) is 82.6. The van der Waals surface area contributed by atoms with Gasteiger partial charge >= 0.3 is 0 Å². The van der Waals surface area contributed by atoms with Gasteiger partial charge in [-0.05, 0) is 166 Å². The molecule has 27 rings (SSSR count). The summed E-state index contributed by atoms with van der Waals surface area (Å²) in [7, 11) is 12.5. The molecule has 137 heavy (non-hydrogen) atoms. The van der Waals surface area contributed by atoms with E-state index in [0.29, 0.717) is 5.56 Å². The average Bonchev–Trinajstić information content (AvgIpc) is 1.56. The summed E-state index contributed by atoms with van der Waals surface area (Å²) in [4.78, 5) is 28.6. The molecule has 18 nitrogen and oxygen atoms in total. The van der Waals surface area contributed by atoms with Crippen LogP contribution < -0.4 is 27.4 Å². The van der Waals surface area contributed by atoms with Gasteiger partial charge in [-0.1, -0.05) is 193 Å². The number of hydrogen-bond donors (Lipinski definition) is 0. The van der Waals surface area contributed by atoms with Gasteiger partial charge in [-0.2, -0.15) is 27.4 Å². The van der Waals surface area contributed by atoms with Crippen LogP contribution in [0, 0.1) is 62.2 Å². The van der Waals surface area contributed by atoms with Gasteiger partial charge in [0, 0.05) is 137 Å². The first-order valence-electron chi connectivity index (χ1n) is 48.6. The predicted molar refractivity (Wildman–Crippen MR) is 551 cm³/mol. The van der Waals surface area contributed by atoms with Crippen molar-refractivity contribution >= 4 is 91.0 Å². The van der Waals surface area contributed by atoms with Gasteiger partial charge in [0.2, 0.25) is 34.2 Å². The summed E-state index contributed by atoms with van der Waals surface area (Å²) in [5.41, 5.74) is 45.9. The zero-order valence-corrected chi connectivity index (χ0v) is 79.9. The smallest absolute Gasteiger partial charge is 0.214 e. The molecule has 670 valence electrons. The summed E-state index contributed by atoms with van der Waals surface area (Å²) >= 11 is 0. The minimum Gasteiger partial charge on any atom is -0.303 e. The summed E-state index contributed by atoms with van der Waals surface area (Å²) in [5.74, 6) is 6.69. The molecule has 18 heterocycles. The van der Waals surface area contributed by atoms with E-state index in [2.05, 4.69) is 437 Å². The molecule has 0 saturated heterocycles. The second-order valence-corrected chi connectivity index (χ2v) is 37.2. The highest BCUT2D eigenvalue weighted by Gasteiger charge is 2.31. The van der Waals surface area contributed by atoms with Crippen molar-refractivity contribution in [3.8, 4) is 90.0 Å². The lowest BCUT2D eigenvalue weighted by Crippen LogP contribution is -2.30. The Bertz CT molecular complexity index is 8800. The van der Waals surface area contributed by atoms with E-state index in [0.717, 1.165) is 129 Å². The van der Waals surface area contributed by atoms with Crippen LogP contribution in [0.2, 0.25) is 0 Å². The highest BCUT2D eigenvalue weighted by molar-refractivity contribution is 5.89. The van der Waals surface area contributed by atoms with Crippen molar-refractivity contribution in [1.82, 2.24) is 57.3 Å². The van der Waals surface area contributed by atoms with E-state index in [1.54, 1.807) is 12.1 Å². The standard InChI is InChI=1S/C23H20N3.C22H20N3.C21H18N3.2C18H18N3.C17H16N3/c1-16-10-11-18(17-7-4-3-5-8-17)13-19(16)21-14-22-20(15-25(21)2)24-23-9-6-12-26(22)23;1-14-8-9-17(15(2)10-14)20-12-21-18(13-24(20)3)23-22-11-16-6-4-5-7-19(16)25(21)22;1-14-7-3-5-9-16(14)19-12-20-17(13-23(19)2)22-21-11-15-8-4-6-10-18(15)24(20)21;2*1-12-6-7-14(13(2)9-12)16-10-17-15(11-20(16)3)19-18-5-4-8-21(17)18;1-12-6-3-4-7-13(12)15-10-16-14(11-19(15)2)18-17-8-5-9-20(16)17/h3-8,10-15H,9H2,1-2H3;4-10,12-13H,11H2,1-3H3;3-10,12-13H,11H2,1-2H3;2*4,6-11H,5H2,1-3H3;3-7,9-11H,8H2,1-2H3/q6*+1/i;;;1D3;;. The van der Waals surface area contributed by atoms with Crippen LogP contribution >= 0.6 is 0 Å². The van der Waals surface area contributed by atoms with Crippen LogP contribution in [0.1, 0.15) is 100 Å². The number of aromatic nitrogens is 18. The molecule has 18 heteroatoms. The number of nitrogens with zero attached hydrogens (tertiary/aromatic N) is 18. The number of aryl methyl sites for hydroxylation is 15. The topological polar surface area (TPSA) is 130 Å². The third-order valence-electron chi connectivity index (χ3n) is 27.7. The van der Waals surface area contributed by atoms with Crippen LogP contribution in [0.3, 0.4) is 0 Å². The van der Waals surface area contributed by atoms with E-state index in [1.165, 1.54) is 156 Å². The highest BCUT2D eigenvalue weighted by Crippen LogP contribution is 2.39. The van der Waals surface area contributed by atoms with Crippen molar-refractivity contribution in [3.63, 3.8) is 0 Å². The Labute approximate surface area is 802 Å². The zero-order valence-electron chi connectivity index (χ0n) is 82.9. The number of para-hydroxylation sites is 2. The first-order valence-corrected chi connectivity index (χ1v) is 47.1. The molecule has 0 amide bonds. The van der Waals surface area contributed by atoms with E-state index in [-0.39, 0.29) is 0 Å². The Morgan fingerprint density at radius 3 is 0.898 bits per heavy atom. The monoisotopic (exact) mass is 1790 g/mol. The SMILES string of the molecule is Cc1ccc(-c2cc3c(c[n+]2C)nc2n3-c3ccccc3C2)c(C)c1.Cc1ccc(-c2cc3c(c[n+]2C)nc2n3C=CC2)c(C)c1.Cc1ccc(-c2ccccc2)cc1-c1cc2c(c[n+]1C)nc1n2C=CC1.Cc1ccccc1-c1cc2c(c[n+]1C)nc1n2-c2ccccc2C1.Cc1ccccc1-c1cc2c(c[n+]1C)nc1n2C=CC1.[2H]C([2H])([2H])c1ccc(-c2cc3c(c[n+]2C)nc2n3C=CC2)c(C)c1. The number of rotatable bonds is 7. The van der Waals surface area contributed by atoms with Gasteiger partial charge in [-0.3, -0.25) is 9.13 Å². The lowest BCUT2D eigenvalue weighted by molar-refractivity contribution is -0.659. The van der Waals surface area contributed by atoms with Crippen LogP contribution in [-0.2, 0) is 80.8 Å². The fourth-order valence-electron chi connectivity index (χ4n) is 20.7. The number of pyridine rings is 6. The van der Waals surface area contributed by atoms with E-state index < -0.39 is 6.85 Å². The second kappa shape index (κ2) is 34.9. The Balaban J connectivity index is 0.0000000968. The van der Waals surface area contributed by atoms with Gasteiger partial charge in [0.1, 0.15) is 77.2 Å². The average molecular weight is 1800 g/mol. The third kappa shape index (κ3) is 15.8. The number of fused-ring (bicyclic) bond motifs is 22. The van der Waals surface area contributed by atoms with Gasteiger partial charge in [-0.15, -0.1) is 0 Å². The third-order valence-corrected chi connectivity index (χ3v) is 27.7. The van der Waals surface area contributed by atoms with E-state index in [9.17, 15) is 0 Å². The van der Waals surface area contributed by atoms with Gasteiger partial charge in [0.25, 0.3) is 0 Å². The van der Waals surface area contributed by atoms with Crippen molar-refractivity contribution in [2.24, 2.45) is 42.3 Å². The van der Waals surface area contributed by atoms with Gasteiger partial charge in [-0.25, -0.2) is 29.9 Å². The number of hydrogen-bond acceptors (Lipinski definition) is 6. The van der Waals surface area contributed by atoms with Crippen LogP contribution in [0.15, 0.2) is 298 Å². The quantitative estimate of drug-likeness (QED) is 0.146. The normalized spacial score (nSPS) is 13.2. The number of benzene rings is 9. The maximum Gasteiger partial charge on any atom is 0.214 e. The maximum absolute atomic E-state index is 7.57. The van der Waals surface area contributed by atoms with Gasteiger partial charge in [0.05, 0.1) is 44.5 Å². The van der Waals surface area contributed by atoms with E-state index in [4.69, 9.17) is 29.0 Å². The predicted octanol–water partition coefficient (Wildman–Crippen LogP) is 21.5. The van der Waals surface area contributed by atoms with Gasteiger partial charge < -0.3 is 18.3 Å². The van der Waals surface area contributed by atoms with Crippen LogP contribution in [0.25, 0.3) is 181 Å². The number of imidazole rings is 6.